The molecule has 0 saturated carbocycles. The van der Waals surface area contributed by atoms with Gasteiger partial charge in [0.25, 0.3) is 0 Å². The van der Waals surface area contributed by atoms with Gasteiger partial charge in [0.05, 0.1) is 0 Å². The molecule has 0 N–H and O–H groups in total. The van der Waals surface area contributed by atoms with E-state index >= 15 is 0 Å². The van der Waals surface area contributed by atoms with Crippen molar-refractivity contribution in [2.45, 2.75) is 20.8 Å². The van der Waals surface area contributed by atoms with Gasteiger partial charge in [0.1, 0.15) is 47.5 Å². The highest BCUT2D eigenvalue weighted by atomic mass is 32.1. The van der Waals surface area contributed by atoms with Crippen molar-refractivity contribution in [3.63, 3.8) is 0 Å². The Morgan fingerprint density at radius 1 is 0.281 bits per heavy atom. The van der Waals surface area contributed by atoms with Crippen molar-refractivity contribution < 1.29 is 0 Å². The van der Waals surface area contributed by atoms with E-state index < -0.39 is 0 Å². The van der Waals surface area contributed by atoms with Crippen molar-refractivity contribution in [3.8, 4) is 97.6 Å². The van der Waals surface area contributed by atoms with Crippen LogP contribution in [-0.2, 0) is 0 Å². The zero-order chi connectivity index (χ0) is 38.5. The third-order valence-electron chi connectivity index (χ3n) is 8.64. The van der Waals surface area contributed by atoms with E-state index in [9.17, 15) is 0 Å². The van der Waals surface area contributed by atoms with E-state index in [-0.39, 0.29) is 0 Å². The summed E-state index contributed by atoms with van der Waals surface area (Å²) in [5, 5.41) is 4.87. The molecular formula is C39H24N12S6. The molecule has 0 bridgehead atoms. The predicted octanol–water partition coefficient (Wildman–Crippen LogP) is 10.7. The summed E-state index contributed by atoms with van der Waals surface area (Å²) in [7, 11) is 0. The minimum atomic E-state index is 0.637. The topological polar surface area (TPSA) is 155 Å². The molecule has 0 fully saturated rings. The lowest BCUT2D eigenvalue weighted by Crippen LogP contribution is -1.88. The number of hydrogen-bond acceptors (Lipinski definition) is 18. The fourth-order valence-corrected chi connectivity index (χ4v) is 9.99. The molecule has 0 atom stereocenters. The van der Waals surface area contributed by atoms with Gasteiger partial charge in [-0.3, -0.25) is 0 Å². The van der Waals surface area contributed by atoms with Crippen LogP contribution < -0.4 is 0 Å². The van der Waals surface area contributed by atoms with Crippen LogP contribution in [0.5, 0.6) is 0 Å². The van der Waals surface area contributed by atoms with E-state index in [1.54, 1.807) is 0 Å². The standard InChI is InChI=1S/C39H24N12S6/c1-19-40-34(52-46-19)25-10-4-7-22(13-25)31-43-37(55-49-31)28-16-29(38-44-32(50-56-38)23-8-5-11-26(14-23)35-41-20(2)47-53-35)18-30(17-28)39-45-33(51-57-39)24-9-6-12-27(15-24)36-42-21(3)48-54-36/h4-18H,1-3H3. The average molecular weight is 853 g/mol. The van der Waals surface area contributed by atoms with E-state index in [0.717, 1.165) is 97.6 Å². The Balaban J connectivity index is 1.03. The molecule has 0 aliphatic carbocycles. The van der Waals surface area contributed by atoms with Crippen LogP contribution in [0.1, 0.15) is 17.5 Å². The second kappa shape index (κ2) is 15.0. The first kappa shape index (κ1) is 35.6. The number of nitrogens with zero attached hydrogens (tertiary/aromatic N) is 12. The average Bonchev–Trinajstić information content (AvgIpc) is 4.10. The van der Waals surface area contributed by atoms with E-state index in [2.05, 4.69) is 64.5 Å². The molecule has 6 aromatic heterocycles. The Hall–Kier alpha value is -5.76. The lowest BCUT2D eigenvalue weighted by atomic mass is 10.1. The maximum absolute atomic E-state index is 5.04. The molecule has 10 aromatic rings. The summed E-state index contributed by atoms with van der Waals surface area (Å²) in [5.41, 5.74) is 8.30. The first-order chi connectivity index (χ1) is 27.9. The summed E-state index contributed by atoms with van der Waals surface area (Å²) < 4.78 is 27.4. The Bertz CT molecular complexity index is 2730. The smallest absolute Gasteiger partial charge is 0.173 e. The summed E-state index contributed by atoms with van der Waals surface area (Å²) >= 11 is 8.18. The third-order valence-corrected chi connectivity index (χ3v) is 13.5. The molecule has 0 amide bonds. The van der Waals surface area contributed by atoms with Crippen molar-refractivity contribution in [1.82, 2.24) is 56.1 Å². The fraction of sp³-hybridized carbons (Fsp3) is 0.0769. The van der Waals surface area contributed by atoms with Crippen molar-refractivity contribution in [2.24, 2.45) is 0 Å². The molecule has 4 aromatic carbocycles. The van der Waals surface area contributed by atoms with Gasteiger partial charge in [-0.1, -0.05) is 54.6 Å². The first-order valence-corrected chi connectivity index (χ1v) is 21.9. The first-order valence-electron chi connectivity index (χ1n) is 17.3. The van der Waals surface area contributed by atoms with Crippen LogP contribution in [-0.4, -0.2) is 56.1 Å². The highest BCUT2D eigenvalue weighted by Crippen LogP contribution is 2.38. The molecule has 57 heavy (non-hydrogen) atoms. The van der Waals surface area contributed by atoms with Crippen molar-refractivity contribution in [1.29, 1.82) is 0 Å². The lowest BCUT2D eigenvalue weighted by Gasteiger charge is -2.05. The Morgan fingerprint density at radius 2 is 0.526 bits per heavy atom. The van der Waals surface area contributed by atoms with E-state index in [0.29, 0.717) is 17.5 Å². The molecule has 12 nitrogen and oxygen atoms in total. The van der Waals surface area contributed by atoms with Crippen LogP contribution in [0.3, 0.4) is 0 Å². The second-order valence-electron chi connectivity index (χ2n) is 12.8. The molecule has 6 heterocycles. The highest BCUT2D eigenvalue weighted by molar-refractivity contribution is 7.11. The summed E-state index contributed by atoms with van der Waals surface area (Å²) in [6.07, 6.45) is 0. The van der Waals surface area contributed by atoms with Gasteiger partial charge in [-0.15, -0.1) is 0 Å². The van der Waals surface area contributed by atoms with Gasteiger partial charge in [0.2, 0.25) is 0 Å². The van der Waals surface area contributed by atoms with Crippen LogP contribution in [0.15, 0.2) is 91.0 Å². The fourth-order valence-electron chi connectivity index (χ4n) is 5.99. The summed E-state index contributed by atoms with van der Waals surface area (Å²) in [5.74, 6) is 4.17. The quantitative estimate of drug-likeness (QED) is 0.136. The monoisotopic (exact) mass is 852 g/mol. The summed E-state index contributed by atoms with van der Waals surface area (Å²) in [6.45, 7) is 5.68. The molecule has 18 heteroatoms. The van der Waals surface area contributed by atoms with E-state index in [1.807, 2.05) is 75.4 Å². The number of aromatic nitrogens is 12. The van der Waals surface area contributed by atoms with Crippen LogP contribution in [0.2, 0.25) is 0 Å². The minimum absolute atomic E-state index is 0.637. The molecule has 0 aliphatic rings. The maximum Gasteiger partial charge on any atom is 0.173 e. The normalized spacial score (nSPS) is 11.4. The van der Waals surface area contributed by atoms with Gasteiger partial charge in [-0.05, 0) is 126 Å². The highest BCUT2D eigenvalue weighted by Gasteiger charge is 2.19. The Morgan fingerprint density at radius 3 is 0.807 bits per heavy atom. The minimum Gasteiger partial charge on any atom is -0.220 e. The van der Waals surface area contributed by atoms with Gasteiger partial charge in [-0.25, -0.2) is 29.9 Å². The molecule has 276 valence electrons. The van der Waals surface area contributed by atoms with E-state index in [4.69, 9.17) is 28.1 Å². The van der Waals surface area contributed by atoms with Gasteiger partial charge < -0.3 is 0 Å². The molecule has 0 saturated heterocycles. The third kappa shape index (κ3) is 7.34. The van der Waals surface area contributed by atoms with E-state index in [1.165, 1.54) is 69.2 Å². The number of aryl methyl sites for hydroxylation is 3. The second-order valence-corrected chi connectivity index (χ2v) is 17.3. The SMILES string of the molecule is Cc1nsc(-c2cccc(-c3nsc(-c4cc(-c5nc(-c6cccc(-c7nc(C)ns7)c6)ns5)cc(-c5nc(-c6cccc(-c7nc(C)ns7)c6)ns5)c4)n3)c2)n1. The number of rotatable bonds is 9. The van der Waals surface area contributed by atoms with Gasteiger partial charge in [-0.2, -0.15) is 26.2 Å². The molecule has 0 unspecified atom stereocenters. The molecule has 0 spiro atoms. The van der Waals surface area contributed by atoms with Gasteiger partial charge >= 0.3 is 0 Å². The van der Waals surface area contributed by atoms with Gasteiger partial charge in [0.15, 0.2) is 17.5 Å². The van der Waals surface area contributed by atoms with Gasteiger partial charge in [0, 0.05) is 50.1 Å². The number of benzene rings is 4. The van der Waals surface area contributed by atoms with Crippen LogP contribution in [0, 0.1) is 20.8 Å². The zero-order valence-electron chi connectivity index (χ0n) is 30.0. The lowest BCUT2D eigenvalue weighted by molar-refractivity contribution is 1.17. The number of hydrogen-bond donors (Lipinski definition) is 0. The largest absolute Gasteiger partial charge is 0.220 e. The maximum atomic E-state index is 5.04. The van der Waals surface area contributed by atoms with Crippen LogP contribution in [0.25, 0.3) is 97.6 Å². The molecular weight excluding hydrogens is 829 g/mol. The molecule has 10 rings (SSSR count). The van der Waals surface area contributed by atoms with Crippen molar-refractivity contribution >= 4 is 69.2 Å². The summed E-state index contributed by atoms with van der Waals surface area (Å²) in [4.78, 5) is 28.8. The van der Waals surface area contributed by atoms with Crippen molar-refractivity contribution in [2.75, 3.05) is 0 Å². The molecule has 0 aliphatic heterocycles. The Kier molecular flexibility index (Phi) is 9.35. The van der Waals surface area contributed by atoms with Crippen LogP contribution in [0.4, 0.5) is 0 Å². The Labute approximate surface area is 349 Å². The summed E-state index contributed by atoms with van der Waals surface area (Å²) in [6, 6.07) is 30.6. The van der Waals surface area contributed by atoms with Crippen molar-refractivity contribution in [3.05, 3.63) is 108 Å². The predicted molar refractivity (Wildman–Crippen MR) is 230 cm³/mol. The molecule has 0 radical (unpaired) electrons. The van der Waals surface area contributed by atoms with Crippen LogP contribution >= 0.6 is 69.2 Å². The zero-order valence-corrected chi connectivity index (χ0v) is 34.9.